The lowest BCUT2D eigenvalue weighted by atomic mass is 10.0. The largest absolute Gasteiger partial charge is 0.448 e. The SMILES string of the molecule is C=CC1=C(C(=O)OC(c2ccccc2)c2ccccc2)N2C(=O)C(NC(=O)C(=NOCC(C)C)c3csc(N)n3)[C@H]2SC1. The molecule has 1 fully saturated rings. The molecule has 1 unspecified atom stereocenters. The zero-order valence-corrected chi connectivity index (χ0v) is 25.3. The highest BCUT2D eigenvalue weighted by atomic mass is 32.2. The minimum absolute atomic E-state index is 0.0869. The second-order valence-electron chi connectivity index (χ2n) is 10.2. The number of ether oxygens (including phenoxy) is 1. The molecule has 0 saturated carbocycles. The third kappa shape index (κ3) is 6.50. The standard InChI is InChI=1S/C31H31N5O5S2/c1-4-19-16-42-29-24(34-27(37)23(35-40-15-18(2)3)22-17-43-31(32)33-22)28(38)36(29)25(19)30(39)41-26(20-11-7-5-8-12-20)21-13-9-6-10-14-21/h4-14,17-18,24,26,29H,1,15-16H2,2-3H3,(H2,32,33)(H,34,37)/t24?,29-/m1/s1. The van der Waals surface area contributed by atoms with E-state index in [-0.39, 0.29) is 28.2 Å². The van der Waals surface area contributed by atoms with Crippen molar-refractivity contribution in [3.05, 3.63) is 107 Å². The molecule has 1 aromatic heterocycles. The van der Waals surface area contributed by atoms with Crippen LogP contribution in [-0.2, 0) is 24.0 Å². The summed E-state index contributed by atoms with van der Waals surface area (Å²) in [7, 11) is 0. The number of amides is 2. The van der Waals surface area contributed by atoms with Crippen LogP contribution in [0.15, 0.2) is 95.1 Å². The zero-order valence-electron chi connectivity index (χ0n) is 23.6. The summed E-state index contributed by atoms with van der Waals surface area (Å²) < 4.78 is 6.08. The monoisotopic (exact) mass is 617 g/mol. The molecule has 0 bridgehead atoms. The molecular weight excluding hydrogens is 587 g/mol. The molecule has 2 aliphatic rings. The second kappa shape index (κ2) is 13.3. The summed E-state index contributed by atoms with van der Waals surface area (Å²) in [6.07, 6.45) is 0.867. The van der Waals surface area contributed by atoms with Gasteiger partial charge in [-0.1, -0.05) is 92.3 Å². The molecule has 222 valence electrons. The molecule has 3 aromatic rings. The minimum Gasteiger partial charge on any atom is -0.448 e. The number of rotatable bonds is 11. The van der Waals surface area contributed by atoms with Gasteiger partial charge >= 0.3 is 5.97 Å². The van der Waals surface area contributed by atoms with Gasteiger partial charge < -0.3 is 20.6 Å². The van der Waals surface area contributed by atoms with E-state index >= 15 is 0 Å². The van der Waals surface area contributed by atoms with Gasteiger partial charge in [-0.2, -0.15) is 0 Å². The fourth-order valence-electron chi connectivity index (χ4n) is 4.60. The van der Waals surface area contributed by atoms with Crippen molar-refractivity contribution in [3.63, 3.8) is 0 Å². The molecule has 10 nitrogen and oxygen atoms in total. The van der Waals surface area contributed by atoms with E-state index in [1.165, 1.54) is 16.7 Å². The highest BCUT2D eigenvalue weighted by Gasteiger charge is 2.54. The number of hydrogen-bond donors (Lipinski definition) is 2. The number of nitrogens with one attached hydrogen (secondary N) is 1. The fourth-order valence-corrected chi connectivity index (χ4v) is 6.49. The van der Waals surface area contributed by atoms with Crippen molar-refractivity contribution in [3.8, 4) is 0 Å². The predicted octanol–water partition coefficient (Wildman–Crippen LogP) is 4.27. The van der Waals surface area contributed by atoms with E-state index < -0.39 is 35.3 Å². The number of carbonyl (C=O) groups is 3. The van der Waals surface area contributed by atoms with Crippen LogP contribution in [0.3, 0.4) is 0 Å². The average molecular weight is 618 g/mol. The Bertz CT molecular complexity index is 1530. The normalized spacial score (nSPS) is 18.3. The second-order valence-corrected chi connectivity index (χ2v) is 12.2. The lowest BCUT2D eigenvalue weighted by molar-refractivity contribution is -0.154. The number of nitrogen functional groups attached to an aromatic ring is 1. The smallest absolute Gasteiger partial charge is 0.356 e. The van der Waals surface area contributed by atoms with Gasteiger partial charge in [0.1, 0.15) is 29.4 Å². The van der Waals surface area contributed by atoms with E-state index in [9.17, 15) is 14.4 Å². The number of nitrogens with zero attached hydrogens (tertiary/aromatic N) is 3. The summed E-state index contributed by atoms with van der Waals surface area (Å²) in [6.45, 7) is 8.05. The molecule has 2 atom stereocenters. The van der Waals surface area contributed by atoms with Crippen LogP contribution in [-0.4, -0.2) is 57.2 Å². The number of allylic oxidation sites excluding steroid dienone is 1. The van der Waals surface area contributed by atoms with Gasteiger partial charge in [-0.05, 0) is 22.6 Å². The predicted molar refractivity (Wildman–Crippen MR) is 167 cm³/mol. The van der Waals surface area contributed by atoms with Crippen LogP contribution in [0, 0.1) is 5.92 Å². The Kier molecular flexibility index (Phi) is 9.27. The van der Waals surface area contributed by atoms with Crippen molar-refractivity contribution in [2.45, 2.75) is 31.4 Å². The molecule has 2 aromatic carbocycles. The zero-order chi connectivity index (χ0) is 30.5. The highest BCUT2D eigenvalue weighted by molar-refractivity contribution is 8.00. The summed E-state index contributed by atoms with van der Waals surface area (Å²) >= 11 is 2.57. The van der Waals surface area contributed by atoms with Gasteiger partial charge in [-0.25, -0.2) is 9.78 Å². The van der Waals surface area contributed by atoms with Gasteiger partial charge in [-0.15, -0.1) is 23.1 Å². The number of benzene rings is 2. The Labute approximate surface area is 257 Å². The summed E-state index contributed by atoms with van der Waals surface area (Å²) in [5, 5.41) is 8.10. The Balaban J connectivity index is 1.36. The summed E-state index contributed by atoms with van der Waals surface area (Å²) in [5.41, 5.74) is 8.21. The van der Waals surface area contributed by atoms with E-state index in [0.29, 0.717) is 17.9 Å². The molecule has 0 spiro atoms. The Morgan fingerprint density at radius 1 is 1.16 bits per heavy atom. The van der Waals surface area contributed by atoms with E-state index in [1.807, 2.05) is 74.5 Å². The first-order valence-corrected chi connectivity index (χ1v) is 15.5. The van der Waals surface area contributed by atoms with Gasteiger partial charge in [0.15, 0.2) is 16.9 Å². The van der Waals surface area contributed by atoms with E-state index in [0.717, 1.165) is 22.5 Å². The van der Waals surface area contributed by atoms with Gasteiger partial charge in [0, 0.05) is 11.1 Å². The Hall–Kier alpha value is -4.42. The topological polar surface area (TPSA) is 136 Å². The van der Waals surface area contributed by atoms with Crippen LogP contribution >= 0.6 is 23.1 Å². The summed E-state index contributed by atoms with van der Waals surface area (Å²) in [6, 6.07) is 17.9. The molecule has 2 amide bonds. The molecule has 0 aliphatic carbocycles. The molecule has 0 radical (unpaired) electrons. The molecule has 3 heterocycles. The average Bonchev–Trinajstić information content (AvgIpc) is 3.45. The number of nitrogens with two attached hydrogens (primary N) is 1. The fraction of sp³-hybridized carbons (Fsp3) is 0.258. The maximum atomic E-state index is 13.8. The van der Waals surface area contributed by atoms with Crippen LogP contribution in [0.5, 0.6) is 0 Å². The van der Waals surface area contributed by atoms with Gasteiger partial charge in [0.05, 0.1) is 0 Å². The van der Waals surface area contributed by atoms with Crippen LogP contribution in [0.25, 0.3) is 0 Å². The van der Waals surface area contributed by atoms with Crippen molar-refractivity contribution in [2.75, 3.05) is 18.1 Å². The molecule has 43 heavy (non-hydrogen) atoms. The summed E-state index contributed by atoms with van der Waals surface area (Å²) in [4.78, 5) is 51.6. The van der Waals surface area contributed by atoms with Gasteiger partial charge in [0.2, 0.25) is 0 Å². The first-order valence-electron chi connectivity index (χ1n) is 13.6. The third-order valence-electron chi connectivity index (χ3n) is 6.70. The molecule has 1 saturated heterocycles. The highest BCUT2D eigenvalue weighted by Crippen LogP contribution is 2.42. The number of oxime groups is 1. The van der Waals surface area contributed by atoms with Crippen LogP contribution in [0.2, 0.25) is 0 Å². The number of esters is 1. The van der Waals surface area contributed by atoms with Crippen molar-refractivity contribution < 1.29 is 24.0 Å². The number of carbonyl (C=O) groups excluding carboxylic acids is 3. The minimum atomic E-state index is -0.906. The van der Waals surface area contributed by atoms with Crippen LogP contribution in [0.1, 0.15) is 36.8 Å². The Morgan fingerprint density at radius 2 is 1.81 bits per heavy atom. The van der Waals surface area contributed by atoms with Gasteiger partial charge in [-0.3, -0.25) is 14.5 Å². The molecule has 12 heteroatoms. The maximum absolute atomic E-state index is 13.8. The number of thiazole rings is 1. The van der Waals surface area contributed by atoms with E-state index in [1.54, 1.807) is 11.5 Å². The number of aromatic nitrogens is 1. The molecule has 2 aliphatic heterocycles. The van der Waals surface area contributed by atoms with Crippen LogP contribution in [0.4, 0.5) is 5.13 Å². The van der Waals surface area contributed by atoms with Crippen molar-refractivity contribution in [1.82, 2.24) is 15.2 Å². The number of fused-ring (bicyclic) bond motifs is 1. The quantitative estimate of drug-likeness (QED) is 0.141. The number of β-lactam (4-membered cyclic amide) rings is 1. The first-order chi connectivity index (χ1) is 20.8. The van der Waals surface area contributed by atoms with E-state index in [4.69, 9.17) is 15.3 Å². The molecule has 5 rings (SSSR count). The number of anilines is 1. The third-order valence-corrected chi connectivity index (χ3v) is 8.67. The van der Waals surface area contributed by atoms with E-state index in [2.05, 4.69) is 22.0 Å². The van der Waals surface area contributed by atoms with Crippen molar-refractivity contribution in [2.24, 2.45) is 11.1 Å². The Morgan fingerprint density at radius 3 is 2.37 bits per heavy atom. The lowest BCUT2D eigenvalue weighted by Gasteiger charge is -2.49. The molecular formula is C31H31N5O5S2. The van der Waals surface area contributed by atoms with Crippen molar-refractivity contribution in [1.29, 1.82) is 0 Å². The summed E-state index contributed by atoms with van der Waals surface area (Å²) in [5.74, 6) is -1.16. The number of hydrogen-bond acceptors (Lipinski definition) is 10. The lowest BCUT2D eigenvalue weighted by Crippen LogP contribution is -2.71. The maximum Gasteiger partial charge on any atom is 0.356 e. The first kappa shape index (κ1) is 30.1. The van der Waals surface area contributed by atoms with Crippen LogP contribution < -0.4 is 11.1 Å². The number of thioether (sulfide) groups is 1. The molecule has 3 N–H and O–H groups in total. The van der Waals surface area contributed by atoms with Crippen molar-refractivity contribution >= 4 is 51.7 Å². The van der Waals surface area contributed by atoms with Gasteiger partial charge in [0.25, 0.3) is 11.8 Å².